The second-order valence-corrected chi connectivity index (χ2v) is 3.76. The fourth-order valence-corrected chi connectivity index (χ4v) is 1.42. The number of pyridine rings is 1. The Hall–Kier alpha value is -1.62. The average molecular weight is 238 g/mol. The van der Waals surface area contributed by atoms with E-state index in [0.29, 0.717) is 5.02 Å². The van der Waals surface area contributed by atoms with Crippen LogP contribution >= 0.6 is 11.6 Å². The van der Waals surface area contributed by atoms with Crippen molar-refractivity contribution in [1.82, 2.24) is 20.2 Å². The predicted molar refractivity (Wildman–Crippen MR) is 62.4 cm³/mol. The van der Waals surface area contributed by atoms with Crippen LogP contribution in [-0.4, -0.2) is 26.7 Å². The first-order valence-corrected chi connectivity index (χ1v) is 5.42. The number of H-pyrrole nitrogens is 1. The van der Waals surface area contributed by atoms with E-state index in [2.05, 4.69) is 25.5 Å². The summed E-state index contributed by atoms with van der Waals surface area (Å²) in [7, 11) is 0. The largest absolute Gasteiger partial charge is 0.370 e. The van der Waals surface area contributed by atoms with Crippen LogP contribution in [0.3, 0.4) is 0 Å². The summed E-state index contributed by atoms with van der Waals surface area (Å²) in [6.45, 7) is 0.843. The van der Waals surface area contributed by atoms with Crippen LogP contribution in [-0.2, 0) is 6.42 Å². The Labute approximate surface area is 98.3 Å². The lowest BCUT2D eigenvalue weighted by Gasteiger charge is -2.03. The molecule has 16 heavy (non-hydrogen) atoms. The average Bonchev–Trinajstić information content (AvgIpc) is 2.80. The molecule has 0 aliphatic rings. The number of aromatic amines is 1. The lowest BCUT2D eigenvalue weighted by molar-refractivity contribution is 0.803. The number of aryl methyl sites for hydroxylation is 1. The monoisotopic (exact) mass is 237 g/mol. The molecule has 6 heteroatoms. The number of anilines is 1. The van der Waals surface area contributed by atoms with Crippen LogP contribution in [0, 0.1) is 0 Å². The molecule has 2 aromatic rings. The summed E-state index contributed by atoms with van der Waals surface area (Å²) >= 11 is 5.73. The minimum absolute atomic E-state index is 0.646. The molecule has 0 aromatic carbocycles. The van der Waals surface area contributed by atoms with Gasteiger partial charge in [-0.3, -0.25) is 5.10 Å². The molecular weight excluding hydrogens is 226 g/mol. The lowest BCUT2D eigenvalue weighted by atomic mass is 10.3. The van der Waals surface area contributed by atoms with Gasteiger partial charge < -0.3 is 5.32 Å². The highest BCUT2D eigenvalue weighted by Gasteiger charge is 1.96. The Morgan fingerprint density at radius 2 is 2.25 bits per heavy atom. The number of hydrogen-bond donors (Lipinski definition) is 2. The third-order valence-corrected chi connectivity index (χ3v) is 2.31. The van der Waals surface area contributed by atoms with E-state index in [-0.39, 0.29) is 0 Å². The first-order chi connectivity index (χ1) is 7.84. The zero-order valence-corrected chi connectivity index (χ0v) is 9.41. The van der Waals surface area contributed by atoms with Crippen molar-refractivity contribution >= 4 is 17.4 Å². The molecular formula is C10H12ClN5. The predicted octanol–water partition coefficient (Wildman–Crippen LogP) is 1.90. The molecule has 0 aliphatic carbocycles. The van der Waals surface area contributed by atoms with Crippen LogP contribution in [0.15, 0.2) is 24.7 Å². The maximum absolute atomic E-state index is 5.73. The van der Waals surface area contributed by atoms with Crippen LogP contribution < -0.4 is 5.32 Å². The zero-order chi connectivity index (χ0) is 11.2. The molecule has 5 nitrogen and oxygen atoms in total. The van der Waals surface area contributed by atoms with E-state index in [0.717, 1.165) is 31.0 Å². The highest BCUT2D eigenvalue weighted by molar-refractivity contribution is 6.30. The van der Waals surface area contributed by atoms with Crippen LogP contribution in [0.5, 0.6) is 0 Å². The summed E-state index contributed by atoms with van der Waals surface area (Å²) in [4.78, 5) is 8.18. The summed E-state index contributed by atoms with van der Waals surface area (Å²) in [5.74, 6) is 1.74. The first-order valence-electron chi connectivity index (χ1n) is 5.04. The minimum atomic E-state index is 0.646. The standard InChI is InChI=1S/C10H12ClN5/c11-8-3-4-9(13-6-8)12-5-1-2-10-14-7-15-16-10/h3-4,6-7H,1-2,5H2,(H,12,13)(H,14,15,16). The highest BCUT2D eigenvalue weighted by atomic mass is 35.5. The van der Waals surface area contributed by atoms with E-state index in [9.17, 15) is 0 Å². The van der Waals surface area contributed by atoms with Gasteiger partial charge >= 0.3 is 0 Å². The fourth-order valence-electron chi connectivity index (χ4n) is 1.30. The van der Waals surface area contributed by atoms with Crippen LogP contribution in [0.1, 0.15) is 12.2 Å². The zero-order valence-electron chi connectivity index (χ0n) is 8.65. The molecule has 0 aliphatic heterocycles. The number of halogens is 1. The Morgan fingerprint density at radius 1 is 1.31 bits per heavy atom. The van der Waals surface area contributed by atoms with E-state index in [1.807, 2.05) is 12.1 Å². The molecule has 0 amide bonds. The van der Waals surface area contributed by atoms with Gasteiger partial charge in [-0.1, -0.05) is 11.6 Å². The van der Waals surface area contributed by atoms with Crippen molar-refractivity contribution < 1.29 is 0 Å². The molecule has 0 spiro atoms. The van der Waals surface area contributed by atoms with E-state index in [1.165, 1.54) is 6.33 Å². The van der Waals surface area contributed by atoms with Crippen molar-refractivity contribution in [1.29, 1.82) is 0 Å². The van der Waals surface area contributed by atoms with Crippen molar-refractivity contribution in [2.45, 2.75) is 12.8 Å². The SMILES string of the molecule is Clc1ccc(NCCCc2ncn[nH]2)nc1. The molecule has 84 valence electrons. The topological polar surface area (TPSA) is 66.5 Å². The summed E-state index contributed by atoms with van der Waals surface area (Å²) in [6.07, 6.45) is 4.99. The van der Waals surface area contributed by atoms with Crippen molar-refractivity contribution in [3.8, 4) is 0 Å². The third kappa shape index (κ3) is 3.20. The Bertz CT molecular complexity index is 411. The fraction of sp³-hybridized carbons (Fsp3) is 0.300. The normalized spacial score (nSPS) is 10.3. The van der Waals surface area contributed by atoms with E-state index >= 15 is 0 Å². The maximum Gasteiger partial charge on any atom is 0.137 e. The summed E-state index contributed by atoms with van der Waals surface area (Å²) < 4.78 is 0. The summed E-state index contributed by atoms with van der Waals surface area (Å²) in [5.41, 5.74) is 0. The molecule has 0 radical (unpaired) electrons. The van der Waals surface area contributed by atoms with Gasteiger partial charge in [0.15, 0.2) is 0 Å². The molecule has 0 fully saturated rings. The Morgan fingerprint density at radius 3 is 2.94 bits per heavy atom. The number of nitrogens with one attached hydrogen (secondary N) is 2. The molecule has 0 unspecified atom stereocenters. The molecule has 2 rings (SSSR count). The number of rotatable bonds is 5. The van der Waals surface area contributed by atoms with Crippen LogP contribution in [0.25, 0.3) is 0 Å². The van der Waals surface area contributed by atoms with Gasteiger partial charge in [-0.2, -0.15) is 5.10 Å². The lowest BCUT2D eigenvalue weighted by Crippen LogP contribution is -2.04. The van der Waals surface area contributed by atoms with Gasteiger partial charge in [0.25, 0.3) is 0 Å². The third-order valence-electron chi connectivity index (χ3n) is 2.09. The molecule has 0 saturated carbocycles. The Kier molecular flexibility index (Phi) is 3.71. The van der Waals surface area contributed by atoms with E-state index < -0.39 is 0 Å². The quantitative estimate of drug-likeness (QED) is 0.780. The number of aromatic nitrogens is 4. The smallest absolute Gasteiger partial charge is 0.137 e. The van der Waals surface area contributed by atoms with Gasteiger partial charge in [-0.25, -0.2) is 9.97 Å². The molecule has 2 aromatic heterocycles. The number of hydrogen-bond acceptors (Lipinski definition) is 4. The second-order valence-electron chi connectivity index (χ2n) is 3.32. The van der Waals surface area contributed by atoms with Crippen LogP contribution in [0.4, 0.5) is 5.82 Å². The molecule has 2 N–H and O–H groups in total. The van der Waals surface area contributed by atoms with Gasteiger partial charge in [0.05, 0.1) is 5.02 Å². The van der Waals surface area contributed by atoms with Gasteiger partial charge in [-0.05, 0) is 18.6 Å². The summed E-state index contributed by atoms with van der Waals surface area (Å²) in [6, 6.07) is 3.67. The minimum Gasteiger partial charge on any atom is -0.370 e. The van der Waals surface area contributed by atoms with Crippen molar-refractivity contribution in [3.05, 3.63) is 35.5 Å². The van der Waals surface area contributed by atoms with Crippen molar-refractivity contribution in [2.24, 2.45) is 0 Å². The van der Waals surface area contributed by atoms with Crippen molar-refractivity contribution in [2.75, 3.05) is 11.9 Å². The van der Waals surface area contributed by atoms with Gasteiger partial charge in [0.1, 0.15) is 18.0 Å². The highest BCUT2D eigenvalue weighted by Crippen LogP contribution is 2.09. The van der Waals surface area contributed by atoms with Gasteiger partial charge in [0.2, 0.25) is 0 Å². The molecule has 0 bridgehead atoms. The van der Waals surface area contributed by atoms with Gasteiger partial charge in [0, 0.05) is 19.2 Å². The van der Waals surface area contributed by atoms with Crippen molar-refractivity contribution in [3.63, 3.8) is 0 Å². The number of nitrogens with zero attached hydrogens (tertiary/aromatic N) is 3. The molecule has 0 atom stereocenters. The Balaban J connectivity index is 1.70. The maximum atomic E-state index is 5.73. The van der Waals surface area contributed by atoms with Gasteiger partial charge in [-0.15, -0.1) is 0 Å². The molecule has 0 saturated heterocycles. The summed E-state index contributed by atoms with van der Waals surface area (Å²) in [5, 5.41) is 10.5. The second kappa shape index (κ2) is 5.46. The van der Waals surface area contributed by atoms with E-state index in [4.69, 9.17) is 11.6 Å². The van der Waals surface area contributed by atoms with E-state index in [1.54, 1.807) is 6.20 Å². The van der Waals surface area contributed by atoms with Crippen LogP contribution in [0.2, 0.25) is 5.02 Å². The first kappa shape index (κ1) is 10.9. The molecule has 2 heterocycles.